The summed E-state index contributed by atoms with van der Waals surface area (Å²) in [6, 6.07) is 5.65. The predicted octanol–water partition coefficient (Wildman–Crippen LogP) is 2.07. The molecule has 0 radical (unpaired) electrons. The lowest BCUT2D eigenvalue weighted by molar-refractivity contribution is 0.303. The van der Waals surface area contributed by atoms with Gasteiger partial charge in [0, 0.05) is 30.9 Å². The van der Waals surface area contributed by atoms with Crippen LogP contribution in [0.5, 0.6) is 5.88 Å². The molecular formula is C21H26N4O3S. The summed E-state index contributed by atoms with van der Waals surface area (Å²) in [5.41, 5.74) is 1.94. The molecule has 154 valence electrons. The summed E-state index contributed by atoms with van der Waals surface area (Å²) in [7, 11) is 3.91. The van der Waals surface area contributed by atoms with Crippen molar-refractivity contribution in [2.45, 2.75) is 31.8 Å². The van der Waals surface area contributed by atoms with Crippen molar-refractivity contribution in [2.24, 2.45) is 0 Å². The second kappa shape index (κ2) is 9.19. The van der Waals surface area contributed by atoms with Crippen molar-refractivity contribution >= 4 is 22.7 Å². The number of hydrogen-bond donors (Lipinski definition) is 3. The van der Waals surface area contributed by atoms with Gasteiger partial charge in [0.2, 0.25) is 5.88 Å². The van der Waals surface area contributed by atoms with Crippen molar-refractivity contribution in [2.75, 3.05) is 31.3 Å². The largest absolute Gasteiger partial charge is 0.493 e. The molecule has 0 aliphatic heterocycles. The van der Waals surface area contributed by atoms with Crippen molar-refractivity contribution in [3.63, 3.8) is 0 Å². The highest BCUT2D eigenvalue weighted by Gasteiger charge is 2.23. The molecule has 8 heteroatoms. The van der Waals surface area contributed by atoms with Gasteiger partial charge in [-0.15, -0.1) is 0 Å². The quantitative estimate of drug-likeness (QED) is 0.437. The molecule has 0 bridgehead atoms. The highest BCUT2D eigenvalue weighted by molar-refractivity contribution is 7.07. The van der Waals surface area contributed by atoms with E-state index in [1.54, 1.807) is 23.6 Å². The second-order valence-electron chi connectivity index (χ2n) is 7.51. The van der Waals surface area contributed by atoms with Gasteiger partial charge in [-0.1, -0.05) is 0 Å². The third kappa shape index (κ3) is 5.21. The number of pyridine rings is 1. The van der Waals surface area contributed by atoms with E-state index in [1.807, 2.05) is 37.4 Å². The zero-order valence-corrected chi connectivity index (χ0v) is 17.6. The minimum absolute atomic E-state index is 0.0125. The summed E-state index contributed by atoms with van der Waals surface area (Å²) in [5, 5.41) is 20.0. The molecule has 0 saturated heterocycles. The molecule has 3 aromatic rings. The first-order valence-electron chi connectivity index (χ1n) is 9.50. The van der Waals surface area contributed by atoms with Gasteiger partial charge in [-0.2, -0.15) is 11.3 Å². The highest BCUT2D eigenvalue weighted by atomic mass is 32.1. The zero-order valence-electron chi connectivity index (χ0n) is 16.8. The molecule has 2 aromatic heterocycles. The van der Waals surface area contributed by atoms with Crippen molar-refractivity contribution in [1.82, 2.24) is 9.88 Å². The van der Waals surface area contributed by atoms with E-state index in [0.717, 1.165) is 12.0 Å². The first-order valence-corrected chi connectivity index (χ1v) is 10.4. The number of anilines is 2. The Morgan fingerprint density at radius 2 is 1.90 bits per heavy atom. The maximum Gasteiger partial charge on any atom is 0.253 e. The molecule has 3 N–H and O–H groups in total. The maximum absolute atomic E-state index is 12.1. The molecule has 29 heavy (non-hydrogen) atoms. The standard InChI is InChI=1S/C21H26N4O3S/c1-13(8-15-5-7-29-12-15)24-19-18(20(27)21(19)28)23-11-16(25(2)3)9-14-4-6-22-17(26)10-14/h4-7,10,12-13,16,23-24H,8-9,11H2,1-3H3,(H,22,26)/t13-,16+/m0/s1. The minimum Gasteiger partial charge on any atom is -0.493 e. The Kier molecular flexibility index (Phi) is 6.66. The van der Waals surface area contributed by atoms with Crippen LogP contribution >= 0.6 is 11.3 Å². The summed E-state index contributed by atoms with van der Waals surface area (Å²) in [5.74, 6) is -0.0125. The Morgan fingerprint density at radius 1 is 1.14 bits per heavy atom. The number of aromatic hydroxyl groups is 1. The van der Waals surface area contributed by atoms with E-state index in [2.05, 4.69) is 27.1 Å². The fourth-order valence-electron chi connectivity index (χ4n) is 3.27. The van der Waals surface area contributed by atoms with Crippen LogP contribution in [0.15, 0.2) is 44.7 Å². The van der Waals surface area contributed by atoms with Gasteiger partial charge in [-0.25, -0.2) is 4.98 Å². The molecule has 3 rings (SSSR count). The van der Waals surface area contributed by atoms with Gasteiger partial charge in [0.25, 0.3) is 10.9 Å². The lowest BCUT2D eigenvalue weighted by Gasteiger charge is -2.26. The van der Waals surface area contributed by atoms with Gasteiger partial charge >= 0.3 is 0 Å². The first kappa shape index (κ1) is 21.0. The van der Waals surface area contributed by atoms with Crippen LogP contribution in [-0.2, 0) is 12.8 Å². The smallest absolute Gasteiger partial charge is 0.253 e. The molecule has 0 fully saturated rings. The van der Waals surface area contributed by atoms with Crippen LogP contribution in [0.2, 0.25) is 0 Å². The number of nitrogens with one attached hydrogen (secondary N) is 2. The molecule has 0 aliphatic carbocycles. The Morgan fingerprint density at radius 3 is 2.55 bits per heavy atom. The van der Waals surface area contributed by atoms with Crippen LogP contribution in [0.25, 0.3) is 0 Å². The topological polar surface area (TPSA) is 94.6 Å². The van der Waals surface area contributed by atoms with Crippen LogP contribution < -0.4 is 21.5 Å². The lowest BCUT2D eigenvalue weighted by Crippen LogP contribution is -2.43. The summed E-state index contributed by atoms with van der Waals surface area (Å²) in [6.45, 7) is 2.49. The monoisotopic (exact) mass is 414 g/mol. The van der Waals surface area contributed by atoms with Gasteiger partial charge in [0.1, 0.15) is 11.4 Å². The van der Waals surface area contributed by atoms with E-state index >= 15 is 0 Å². The molecule has 7 nitrogen and oxygen atoms in total. The van der Waals surface area contributed by atoms with Crippen LogP contribution in [0, 0.1) is 0 Å². The molecule has 1 aromatic carbocycles. The lowest BCUT2D eigenvalue weighted by atomic mass is 10.1. The van der Waals surface area contributed by atoms with E-state index in [0.29, 0.717) is 24.3 Å². The normalized spacial score (nSPS) is 13.5. The molecule has 0 spiro atoms. The fourth-order valence-corrected chi connectivity index (χ4v) is 3.96. The van der Waals surface area contributed by atoms with E-state index < -0.39 is 10.9 Å². The Bertz CT molecular complexity index is 1010. The maximum atomic E-state index is 12.1. The zero-order chi connectivity index (χ0) is 21.0. The van der Waals surface area contributed by atoms with Crippen LogP contribution in [0.3, 0.4) is 0 Å². The number of likely N-dealkylation sites (N-methyl/N-ethyl adjacent to an activating group) is 1. The Balaban J connectivity index is 1.64. The van der Waals surface area contributed by atoms with E-state index in [9.17, 15) is 14.7 Å². The van der Waals surface area contributed by atoms with Crippen molar-refractivity contribution in [3.05, 3.63) is 66.7 Å². The van der Waals surface area contributed by atoms with E-state index in [-0.39, 0.29) is 18.0 Å². The SMILES string of the molecule is C[C@@H](Cc1ccsc1)Nc1c(NC[C@@H](Cc2ccnc(O)c2)N(C)C)c(=O)c1=O. The van der Waals surface area contributed by atoms with Gasteiger partial charge in [-0.3, -0.25) is 9.59 Å². The number of thiophene rings is 1. The number of nitrogens with zero attached hydrogens (tertiary/aromatic N) is 2. The Hall–Kier alpha value is -2.71. The van der Waals surface area contributed by atoms with Crippen LogP contribution in [0.4, 0.5) is 11.4 Å². The third-order valence-corrected chi connectivity index (χ3v) is 5.68. The molecule has 0 aliphatic rings. The van der Waals surface area contributed by atoms with E-state index in [1.165, 1.54) is 5.56 Å². The molecular weight excluding hydrogens is 388 g/mol. The summed E-state index contributed by atoms with van der Waals surface area (Å²) < 4.78 is 0. The van der Waals surface area contributed by atoms with Gasteiger partial charge in [0.05, 0.1) is 0 Å². The average Bonchev–Trinajstić information content (AvgIpc) is 3.18. The van der Waals surface area contributed by atoms with Gasteiger partial charge < -0.3 is 20.6 Å². The average molecular weight is 415 g/mol. The van der Waals surface area contributed by atoms with Crippen LogP contribution in [-0.4, -0.2) is 47.7 Å². The number of aromatic nitrogens is 1. The summed E-state index contributed by atoms with van der Waals surface area (Å²) >= 11 is 1.64. The molecule has 0 unspecified atom stereocenters. The Labute approximate surface area is 173 Å². The van der Waals surface area contributed by atoms with Gasteiger partial charge in [0.15, 0.2) is 0 Å². The molecule has 0 saturated carbocycles. The van der Waals surface area contributed by atoms with E-state index in [4.69, 9.17) is 0 Å². The van der Waals surface area contributed by atoms with Crippen molar-refractivity contribution in [1.29, 1.82) is 0 Å². The third-order valence-electron chi connectivity index (χ3n) is 4.95. The fraction of sp³-hybridized carbons (Fsp3) is 0.381. The second-order valence-corrected chi connectivity index (χ2v) is 8.29. The molecule has 0 amide bonds. The summed E-state index contributed by atoms with van der Waals surface area (Å²) in [4.78, 5) is 30.0. The summed E-state index contributed by atoms with van der Waals surface area (Å²) in [6.07, 6.45) is 3.02. The molecule has 2 heterocycles. The predicted molar refractivity (Wildman–Crippen MR) is 118 cm³/mol. The number of hydrogen-bond acceptors (Lipinski definition) is 8. The van der Waals surface area contributed by atoms with Gasteiger partial charge in [-0.05, 0) is 67.9 Å². The number of rotatable bonds is 10. The molecule has 2 atom stereocenters. The van der Waals surface area contributed by atoms with Crippen LogP contribution in [0.1, 0.15) is 18.1 Å². The minimum atomic E-state index is -0.478. The van der Waals surface area contributed by atoms with Crippen molar-refractivity contribution < 1.29 is 5.11 Å². The van der Waals surface area contributed by atoms with Crippen molar-refractivity contribution in [3.8, 4) is 5.88 Å². The highest BCUT2D eigenvalue weighted by Crippen LogP contribution is 2.19. The first-order chi connectivity index (χ1) is 13.8.